The van der Waals surface area contributed by atoms with Gasteiger partial charge in [-0.2, -0.15) is 14.4 Å². The SMILES string of the molecule is Cc1cc2cc([C@@H](c3ccc(C)c(CN4CC5(CC5)Oc5nc(OCCN6CCCCC6)c(C)cc5S4(=O)=O)c3)C(C)(C)C(=O)O)n(C)c2nn1. The largest absolute Gasteiger partial charge is 0.481 e. The van der Waals surface area contributed by atoms with Gasteiger partial charge in [0.25, 0.3) is 0 Å². The molecule has 13 heteroatoms. The quantitative estimate of drug-likeness (QED) is 0.223. The van der Waals surface area contributed by atoms with Gasteiger partial charge in [0, 0.05) is 42.7 Å². The van der Waals surface area contributed by atoms with E-state index in [4.69, 9.17) is 9.47 Å². The second kappa shape index (κ2) is 13.2. The number of hydrogen-bond acceptors (Lipinski definition) is 9. The smallest absolute Gasteiger partial charge is 0.310 e. The third kappa shape index (κ3) is 6.71. The molecule has 1 saturated carbocycles. The molecule has 3 aliphatic rings. The van der Waals surface area contributed by atoms with Crippen LogP contribution in [0.5, 0.6) is 11.8 Å². The Morgan fingerprint density at radius 2 is 1.78 bits per heavy atom. The number of fused-ring (bicyclic) bond motifs is 2. The molecule has 1 aromatic carbocycles. The van der Waals surface area contributed by atoms with Crippen LogP contribution < -0.4 is 9.47 Å². The number of rotatable bonds is 10. The van der Waals surface area contributed by atoms with E-state index < -0.39 is 32.9 Å². The lowest BCUT2D eigenvalue weighted by atomic mass is 9.72. The molecule has 0 unspecified atom stereocenters. The molecule has 5 heterocycles. The van der Waals surface area contributed by atoms with Crippen LogP contribution in [-0.2, 0) is 28.4 Å². The minimum absolute atomic E-state index is 0.0396. The number of carboxylic acid groups (broad SMARTS) is 1. The molecule has 3 aromatic heterocycles. The lowest BCUT2D eigenvalue weighted by molar-refractivity contribution is -0.147. The van der Waals surface area contributed by atoms with Gasteiger partial charge in [-0.1, -0.05) is 24.6 Å². The van der Waals surface area contributed by atoms with Gasteiger partial charge in [0.15, 0.2) is 5.65 Å². The van der Waals surface area contributed by atoms with Crippen LogP contribution in [0.25, 0.3) is 11.0 Å². The minimum Gasteiger partial charge on any atom is -0.481 e. The van der Waals surface area contributed by atoms with Gasteiger partial charge >= 0.3 is 5.97 Å². The van der Waals surface area contributed by atoms with Crippen LogP contribution >= 0.6 is 0 Å². The Bertz CT molecular complexity index is 2100. The maximum Gasteiger partial charge on any atom is 0.310 e. The summed E-state index contributed by atoms with van der Waals surface area (Å²) in [6.07, 6.45) is 5.10. The van der Waals surface area contributed by atoms with Crippen molar-refractivity contribution in [3.63, 3.8) is 0 Å². The Morgan fingerprint density at radius 1 is 1.04 bits per heavy atom. The molecule has 2 fully saturated rings. The van der Waals surface area contributed by atoms with E-state index in [2.05, 4.69) is 20.1 Å². The number of hydrogen-bond donors (Lipinski definition) is 1. The highest BCUT2D eigenvalue weighted by Gasteiger charge is 2.53. The van der Waals surface area contributed by atoms with E-state index in [1.165, 1.54) is 23.6 Å². The first-order valence-corrected chi connectivity index (χ1v) is 19.3. The van der Waals surface area contributed by atoms with Crippen LogP contribution in [0, 0.1) is 26.2 Å². The highest BCUT2D eigenvalue weighted by atomic mass is 32.2. The number of aromatic nitrogens is 4. The van der Waals surface area contributed by atoms with Crippen LogP contribution in [0.4, 0.5) is 0 Å². The molecule has 2 aliphatic heterocycles. The normalized spacial score (nSPS) is 19.3. The Labute approximate surface area is 299 Å². The van der Waals surface area contributed by atoms with Crippen molar-refractivity contribution in [2.75, 3.05) is 32.8 Å². The molecule has 1 spiro atoms. The number of nitrogens with zero attached hydrogens (tertiary/aromatic N) is 6. The van der Waals surface area contributed by atoms with Gasteiger partial charge in [-0.05, 0) is 108 Å². The van der Waals surface area contributed by atoms with Crippen molar-refractivity contribution in [2.45, 2.75) is 89.7 Å². The van der Waals surface area contributed by atoms with Gasteiger partial charge in [-0.3, -0.25) is 9.69 Å². The molecular weight excluding hydrogens is 669 g/mol. The fourth-order valence-electron chi connectivity index (χ4n) is 7.57. The van der Waals surface area contributed by atoms with Crippen molar-refractivity contribution in [1.29, 1.82) is 0 Å². The van der Waals surface area contributed by atoms with E-state index >= 15 is 0 Å². The lowest BCUT2D eigenvalue weighted by Gasteiger charge is -2.32. The Hall–Kier alpha value is -4.07. The van der Waals surface area contributed by atoms with Crippen LogP contribution in [0.3, 0.4) is 0 Å². The summed E-state index contributed by atoms with van der Waals surface area (Å²) in [7, 11) is -2.15. The molecular formula is C38H48N6O6S. The molecule has 1 saturated heterocycles. The summed E-state index contributed by atoms with van der Waals surface area (Å²) in [4.78, 5) is 19.9. The number of piperidine rings is 1. The van der Waals surface area contributed by atoms with E-state index in [9.17, 15) is 18.3 Å². The maximum atomic E-state index is 14.5. The Morgan fingerprint density at radius 3 is 2.49 bits per heavy atom. The molecule has 12 nitrogen and oxygen atoms in total. The van der Waals surface area contributed by atoms with Crippen molar-refractivity contribution in [2.24, 2.45) is 12.5 Å². The molecule has 51 heavy (non-hydrogen) atoms. The predicted molar refractivity (Wildman–Crippen MR) is 193 cm³/mol. The molecule has 1 atom stereocenters. The number of carboxylic acids is 1. The summed E-state index contributed by atoms with van der Waals surface area (Å²) in [5, 5.41) is 20.0. The van der Waals surface area contributed by atoms with Crippen LogP contribution in [0.15, 0.2) is 41.3 Å². The second-order valence-corrected chi connectivity index (χ2v) is 17.2. The third-order valence-electron chi connectivity index (χ3n) is 11.0. The molecule has 1 N–H and O–H groups in total. The zero-order valence-corrected chi connectivity index (χ0v) is 31.2. The first kappa shape index (κ1) is 35.3. The number of ether oxygens (including phenoxy) is 2. The standard InChI is InChI=1S/C38H48N6O6S/c1-24-10-11-27(32(37(4,5)36(45)46)30-21-28-19-26(3)40-41-33(28)42(30)6)20-29(24)22-44-23-38(12-13-38)50-35-31(51(44,47)48)18-25(2)34(39-35)49-17-16-43-14-8-7-9-15-43/h10-11,18-21,32H,7-9,12-17,22-23H2,1-6H3,(H,45,46)/t32-/m1/s1. The first-order chi connectivity index (χ1) is 24.2. The van der Waals surface area contributed by atoms with E-state index in [1.807, 2.05) is 62.7 Å². The zero-order chi connectivity index (χ0) is 36.3. The Kier molecular flexibility index (Phi) is 9.12. The summed E-state index contributed by atoms with van der Waals surface area (Å²) < 4.78 is 44.9. The summed E-state index contributed by atoms with van der Waals surface area (Å²) >= 11 is 0. The fraction of sp³-hybridized carbons (Fsp3) is 0.526. The van der Waals surface area contributed by atoms with E-state index in [1.54, 1.807) is 19.9 Å². The van der Waals surface area contributed by atoms with Gasteiger partial charge in [0.05, 0.1) is 17.7 Å². The van der Waals surface area contributed by atoms with E-state index in [-0.39, 0.29) is 23.9 Å². The highest BCUT2D eigenvalue weighted by molar-refractivity contribution is 7.89. The van der Waals surface area contributed by atoms with Crippen molar-refractivity contribution in [3.05, 3.63) is 70.0 Å². The van der Waals surface area contributed by atoms with Crippen molar-refractivity contribution < 1.29 is 27.8 Å². The predicted octanol–water partition coefficient (Wildman–Crippen LogP) is 5.51. The number of pyridine rings is 1. The summed E-state index contributed by atoms with van der Waals surface area (Å²) in [6.45, 7) is 12.8. The number of aryl methyl sites for hydroxylation is 4. The van der Waals surface area contributed by atoms with E-state index in [0.29, 0.717) is 23.7 Å². The molecule has 4 aromatic rings. The number of aliphatic carboxylic acids is 1. The number of likely N-dealkylation sites (tertiary alicyclic amines) is 1. The van der Waals surface area contributed by atoms with Crippen molar-refractivity contribution in [3.8, 4) is 11.8 Å². The van der Waals surface area contributed by atoms with E-state index in [0.717, 1.165) is 65.9 Å². The average molecular weight is 717 g/mol. The van der Waals surface area contributed by atoms with Crippen molar-refractivity contribution in [1.82, 2.24) is 29.0 Å². The first-order valence-electron chi connectivity index (χ1n) is 17.9. The van der Waals surface area contributed by atoms with Crippen LogP contribution in [0.1, 0.15) is 85.5 Å². The fourth-order valence-corrected chi connectivity index (χ4v) is 9.20. The molecule has 272 valence electrons. The number of sulfonamides is 1. The summed E-state index contributed by atoms with van der Waals surface area (Å²) in [5.41, 5.74) is 3.44. The lowest BCUT2D eigenvalue weighted by Crippen LogP contribution is -2.38. The topological polar surface area (TPSA) is 140 Å². The Balaban J connectivity index is 1.22. The van der Waals surface area contributed by atoms with Gasteiger partial charge in [-0.15, -0.1) is 5.10 Å². The molecule has 0 radical (unpaired) electrons. The summed E-state index contributed by atoms with van der Waals surface area (Å²) in [5.74, 6) is -1.03. The van der Waals surface area contributed by atoms with Gasteiger partial charge in [0.1, 0.15) is 17.1 Å². The van der Waals surface area contributed by atoms with Gasteiger partial charge in [0.2, 0.25) is 21.8 Å². The number of carbonyl (C=O) groups is 1. The van der Waals surface area contributed by atoms with Gasteiger partial charge in [-0.25, -0.2) is 8.42 Å². The molecule has 0 bridgehead atoms. The zero-order valence-electron chi connectivity index (χ0n) is 30.4. The molecule has 0 amide bonds. The number of benzene rings is 1. The highest BCUT2D eigenvalue weighted by Crippen LogP contribution is 2.48. The summed E-state index contributed by atoms with van der Waals surface area (Å²) in [6, 6.07) is 11.4. The van der Waals surface area contributed by atoms with Crippen LogP contribution in [0.2, 0.25) is 0 Å². The van der Waals surface area contributed by atoms with Crippen LogP contribution in [-0.4, -0.2) is 86.8 Å². The molecule has 1 aliphatic carbocycles. The van der Waals surface area contributed by atoms with Crippen molar-refractivity contribution >= 4 is 27.0 Å². The molecule has 7 rings (SSSR count). The van der Waals surface area contributed by atoms with Gasteiger partial charge < -0.3 is 19.1 Å². The third-order valence-corrected chi connectivity index (χ3v) is 12.7. The second-order valence-electron chi connectivity index (χ2n) is 15.3. The minimum atomic E-state index is -4.03. The average Bonchev–Trinajstić information content (AvgIpc) is 3.78. The maximum absolute atomic E-state index is 14.5. The monoisotopic (exact) mass is 716 g/mol.